The summed E-state index contributed by atoms with van der Waals surface area (Å²) in [7, 11) is -3.77. The van der Waals surface area contributed by atoms with Crippen LogP contribution in [0.2, 0.25) is 5.02 Å². The molecule has 8 nitrogen and oxygen atoms in total. The monoisotopic (exact) mass is 502 g/mol. The molecule has 0 fully saturated rings. The second-order valence-electron chi connectivity index (χ2n) is 7.14. The third-order valence-electron chi connectivity index (χ3n) is 4.55. The lowest BCUT2D eigenvalue weighted by molar-refractivity contribution is -0.114. The van der Waals surface area contributed by atoms with E-state index in [4.69, 9.17) is 21.1 Å². The van der Waals surface area contributed by atoms with E-state index in [0.29, 0.717) is 17.2 Å². The predicted octanol–water partition coefficient (Wildman–Crippen LogP) is 4.71. The average Bonchev–Trinajstić information content (AvgIpc) is 2.79. The maximum Gasteiger partial charge on any atom is 0.338 e. The second kappa shape index (κ2) is 11.0. The van der Waals surface area contributed by atoms with Crippen LogP contribution in [0, 0.1) is 0 Å². The number of hydrogen-bond donors (Lipinski definition) is 1. The van der Waals surface area contributed by atoms with Gasteiger partial charge < -0.3 is 14.8 Å². The molecule has 3 aromatic carbocycles. The Kier molecular flexibility index (Phi) is 8.14. The zero-order chi connectivity index (χ0) is 24.7. The summed E-state index contributed by atoms with van der Waals surface area (Å²) < 4.78 is 36.4. The number of halogens is 1. The van der Waals surface area contributed by atoms with Gasteiger partial charge in [-0.2, -0.15) is 0 Å². The van der Waals surface area contributed by atoms with Crippen LogP contribution in [0.25, 0.3) is 0 Å². The largest absolute Gasteiger partial charge is 0.462 e. The molecule has 10 heteroatoms. The van der Waals surface area contributed by atoms with Gasteiger partial charge in [-0.05, 0) is 61.5 Å². The van der Waals surface area contributed by atoms with Crippen LogP contribution in [0.4, 0.5) is 11.4 Å². The zero-order valence-electron chi connectivity index (χ0n) is 18.5. The topological polar surface area (TPSA) is 102 Å². The van der Waals surface area contributed by atoms with E-state index in [9.17, 15) is 18.0 Å². The number of carbonyl (C=O) groups excluding carboxylic acids is 2. The number of rotatable bonds is 9. The molecule has 0 spiro atoms. The van der Waals surface area contributed by atoms with Gasteiger partial charge in [-0.15, -0.1) is 0 Å². The van der Waals surface area contributed by atoms with E-state index in [1.54, 1.807) is 43.3 Å². The Morgan fingerprint density at radius 1 is 0.971 bits per heavy atom. The fourth-order valence-corrected chi connectivity index (χ4v) is 4.07. The smallest absolute Gasteiger partial charge is 0.338 e. The first kappa shape index (κ1) is 25.1. The van der Waals surface area contributed by atoms with Crippen LogP contribution in [-0.4, -0.2) is 39.7 Å². The van der Waals surface area contributed by atoms with E-state index >= 15 is 0 Å². The third kappa shape index (κ3) is 6.72. The molecule has 0 bridgehead atoms. The number of esters is 1. The van der Waals surface area contributed by atoms with Crippen LogP contribution < -0.4 is 14.4 Å². The van der Waals surface area contributed by atoms with Crippen molar-refractivity contribution >= 4 is 44.9 Å². The Bertz CT molecular complexity index is 1260. The molecule has 0 aliphatic carbocycles. The lowest BCUT2D eigenvalue weighted by atomic mass is 10.2. The second-order valence-corrected chi connectivity index (χ2v) is 9.46. The quantitative estimate of drug-likeness (QED) is 0.425. The molecule has 1 N–H and O–H groups in total. The molecule has 178 valence electrons. The predicted molar refractivity (Wildman–Crippen MR) is 131 cm³/mol. The molecule has 34 heavy (non-hydrogen) atoms. The van der Waals surface area contributed by atoms with Gasteiger partial charge in [-0.1, -0.05) is 29.8 Å². The molecule has 0 aliphatic heterocycles. The van der Waals surface area contributed by atoms with Gasteiger partial charge in [-0.25, -0.2) is 13.2 Å². The molecule has 3 rings (SSSR count). The Labute approximate surface area is 203 Å². The summed E-state index contributed by atoms with van der Waals surface area (Å²) in [6.07, 6.45) is 1.01. The Morgan fingerprint density at radius 3 is 2.21 bits per heavy atom. The number of benzene rings is 3. The molecule has 3 aromatic rings. The van der Waals surface area contributed by atoms with E-state index in [1.807, 2.05) is 18.2 Å². The van der Waals surface area contributed by atoms with Crippen LogP contribution in [0.1, 0.15) is 17.3 Å². The van der Waals surface area contributed by atoms with Gasteiger partial charge in [0.25, 0.3) is 0 Å². The van der Waals surface area contributed by atoms with E-state index in [1.165, 1.54) is 18.2 Å². The number of hydrogen-bond acceptors (Lipinski definition) is 6. The first-order valence-corrected chi connectivity index (χ1v) is 12.5. The Morgan fingerprint density at radius 2 is 1.62 bits per heavy atom. The molecular formula is C24H23ClN2O6S. The van der Waals surface area contributed by atoms with Gasteiger partial charge in [0, 0.05) is 0 Å². The van der Waals surface area contributed by atoms with Gasteiger partial charge in [-0.3, -0.25) is 9.10 Å². The maximum atomic E-state index is 12.6. The SMILES string of the molecule is CCOC(=O)c1ccc(NC(=O)CN(c2ccc(Oc3ccccc3)cc2)S(C)(=O)=O)c(Cl)c1. The van der Waals surface area contributed by atoms with Crippen molar-refractivity contribution in [1.82, 2.24) is 0 Å². The number of nitrogens with one attached hydrogen (secondary N) is 1. The number of para-hydroxylation sites is 1. The van der Waals surface area contributed by atoms with Gasteiger partial charge in [0.1, 0.15) is 18.0 Å². The van der Waals surface area contributed by atoms with Gasteiger partial charge in [0.2, 0.25) is 15.9 Å². The highest BCUT2D eigenvalue weighted by molar-refractivity contribution is 7.92. The number of amides is 1. The molecule has 0 heterocycles. The maximum absolute atomic E-state index is 12.6. The number of sulfonamides is 1. The highest BCUT2D eigenvalue weighted by Crippen LogP contribution is 2.27. The van der Waals surface area contributed by atoms with Crippen molar-refractivity contribution in [3.8, 4) is 11.5 Å². The number of carbonyl (C=O) groups is 2. The van der Waals surface area contributed by atoms with Crippen molar-refractivity contribution in [2.24, 2.45) is 0 Å². The van der Waals surface area contributed by atoms with E-state index in [-0.39, 0.29) is 22.9 Å². The first-order valence-electron chi connectivity index (χ1n) is 10.2. The van der Waals surface area contributed by atoms with Gasteiger partial charge in [0.05, 0.1) is 34.8 Å². The van der Waals surface area contributed by atoms with Crippen LogP contribution >= 0.6 is 11.6 Å². The van der Waals surface area contributed by atoms with Gasteiger partial charge >= 0.3 is 5.97 Å². The number of ether oxygens (including phenoxy) is 2. The fourth-order valence-electron chi connectivity index (χ4n) is 2.98. The minimum absolute atomic E-state index is 0.118. The lowest BCUT2D eigenvalue weighted by Crippen LogP contribution is -2.37. The van der Waals surface area contributed by atoms with Crippen molar-refractivity contribution in [3.05, 3.63) is 83.4 Å². The van der Waals surface area contributed by atoms with E-state index in [2.05, 4.69) is 5.32 Å². The normalized spacial score (nSPS) is 10.9. The summed E-state index contributed by atoms with van der Waals surface area (Å²) in [6.45, 7) is 1.43. The molecule has 0 radical (unpaired) electrons. The van der Waals surface area contributed by atoms with Crippen LogP contribution in [0.3, 0.4) is 0 Å². The summed E-state index contributed by atoms with van der Waals surface area (Å²) in [6, 6.07) is 19.7. The average molecular weight is 503 g/mol. The summed E-state index contributed by atoms with van der Waals surface area (Å²) in [5, 5.41) is 2.69. The summed E-state index contributed by atoms with van der Waals surface area (Å²) in [5.74, 6) is 0.00724. The van der Waals surface area contributed by atoms with E-state index < -0.39 is 28.4 Å². The van der Waals surface area contributed by atoms with Crippen molar-refractivity contribution in [2.75, 3.05) is 29.0 Å². The standard InChI is InChI=1S/C24H23ClN2O6S/c1-3-32-24(29)17-9-14-22(21(25)15-17)26-23(28)16-27(34(2,30)31)18-10-12-20(13-11-18)33-19-7-5-4-6-8-19/h4-15H,3,16H2,1-2H3,(H,26,28). The highest BCUT2D eigenvalue weighted by Gasteiger charge is 2.22. The summed E-state index contributed by atoms with van der Waals surface area (Å²) in [5.41, 5.74) is 0.766. The number of nitrogens with zero attached hydrogens (tertiary/aromatic N) is 1. The highest BCUT2D eigenvalue weighted by atomic mass is 35.5. The Hall–Kier alpha value is -3.56. The van der Waals surface area contributed by atoms with Crippen molar-refractivity contribution in [3.63, 3.8) is 0 Å². The van der Waals surface area contributed by atoms with Crippen molar-refractivity contribution in [2.45, 2.75) is 6.92 Å². The molecule has 0 unspecified atom stereocenters. The van der Waals surface area contributed by atoms with Crippen LogP contribution in [0.15, 0.2) is 72.8 Å². The lowest BCUT2D eigenvalue weighted by Gasteiger charge is -2.22. The molecule has 0 aromatic heterocycles. The molecule has 0 saturated heterocycles. The third-order valence-corrected chi connectivity index (χ3v) is 6.00. The first-order chi connectivity index (χ1) is 16.2. The van der Waals surface area contributed by atoms with Crippen LogP contribution in [-0.2, 0) is 19.6 Å². The number of anilines is 2. The zero-order valence-corrected chi connectivity index (χ0v) is 20.1. The summed E-state index contributed by atoms with van der Waals surface area (Å²) in [4.78, 5) is 24.5. The molecule has 0 atom stereocenters. The van der Waals surface area contributed by atoms with E-state index in [0.717, 1.165) is 10.6 Å². The molecule has 1 amide bonds. The van der Waals surface area contributed by atoms with Gasteiger partial charge in [0.15, 0.2) is 0 Å². The Balaban J connectivity index is 1.72. The van der Waals surface area contributed by atoms with Crippen LogP contribution in [0.5, 0.6) is 11.5 Å². The minimum atomic E-state index is -3.77. The van der Waals surface area contributed by atoms with Crippen molar-refractivity contribution < 1.29 is 27.5 Å². The minimum Gasteiger partial charge on any atom is -0.462 e. The molecule has 0 aliphatic rings. The van der Waals surface area contributed by atoms with Crippen molar-refractivity contribution in [1.29, 1.82) is 0 Å². The fraction of sp³-hybridized carbons (Fsp3) is 0.167. The molecule has 0 saturated carbocycles. The molecular weight excluding hydrogens is 480 g/mol. The summed E-state index contributed by atoms with van der Waals surface area (Å²) >= 11 is 6.18.